The van der Waals surface area contributed by atoms with Crippen LogP contribution in [0.1, 0.15) is 16.8 Å². The Balaban J connectivity index is 1.97. The van der Waals surface area contributed by atoms with Crippen LogP contribution in [-0.4, -0.2) is 63.0 Å². The van der Waals surface area contributed by atoms with Crippen LogP contribution in [0.15, 0.2) is 29.2 Å². The quantitative estimate of drug-likeness (QED) is 0.839. The van der Waals surface area contributed by atoms with Crippen molar-refractivity contribution in [2.75, 3.05) is 32.5 Å². The molecule has 0 spiro atoms. The highest BCUT2D eigenvalue weighted by molar-refractivity contribution is 7.91. The first-order valence-corrected chi connectivity index (χ1v) is 8.39. The zero-order valence-corrected chi connectivity index (χ0v) is 12.7. The number of carbonyl (C=O) groups is 1. The third-order valence-corrected chi connectivity index (χ3v) is 5.41. The summed E-state index contributed by atoms with van der Waals surface area (Å²) in [6, 6.07) is 5.32. The molecule has 0 amide bonds. The van der Waals surface area contributed by atoms with Crippen molar-refractivity contribution in [3.63, 3.8) is 0 Å². The maximum absolute atomic E-state index is 12.2. The third kappa shape index (κ3) is 4.03. The summed E-state index contributed by atoms with van der Waals surface area (Å²) in [5, 5.41) is 8.81. The van der Waals surface area contributed by atoms with Gasteiger partial charge in [-0.3, -0.25) is 4.90 Å². The Morgan fingerprint density at radius 1 is 1.38 bits per heavy atom. The van der Waals surface area contributed by atoms with Crippen LogP contribution in [0.5, 0.6) is 0 Å². The third-order valence-electron chi connectivity index (χ3n) is 3.70. The summed E-state index contributed by atoms with van der Waals surface area (Å²) in [6.07, 6.45) is 1.10. The molecule has 2 rings (SSSR count). The Bertz CT molecular complexity index is 596. The van der Waals surface area contributed by atoms with Crippen LogP contribution in [0.4, 0.5) is 0 Å². The Hall–Kier alpha value is -1.44. The number of hydrogen-bond donors (Lipinski definition) is 1. The lowest BCUT2D eigenvalue weighted by Gasteiger charge is -2.15. The largest absolute Gasteiger partial charge is 0.478 e. The molecular formula is C14H19NO5S. The summed E-state index contributed by atoms with van der Waals surface area (Å²) in [7, 11) is -1.73. The van der Waals surface area contributed by atoms with Crippen LogP contribution in [0.3, 0.4) is 0 Å². The lowest BCUT2D eigenvalue weighted by atomic mass is 10.2. The van der Waals surface area contributed by atoms with Gasteiger partial charge in [0, 0.05) is 26.7 Å². The maximum atomic E-state index is 12.2. The molecule has 1 aliphatic rings. The van der Waals surface area contributed by atoms with Gasteiger partial charge in [0.2, 0.25) is 0 Å². The standard InChI is InChI=1S/C14H19NO5S/c1-20-12-6-7-15(10-12)8-9-21(18,19)13-4-2-11(3-5-13)14(16)17/h2-5,12H,6-10H2,1H3,(H,16,17). The van der Waals surface area contributed by atoms with Gasteiger partial charge < -0.3 is 9.84 Å². The fourth-order valence-corrected chi connectivity index (χ4v) is 3.65. The molecule has 0 bridgehead atoms. The highest BCUT2D eigenvalue weighted by Gasteiger charge is 2.24. The average Bonchev–Trinajstić information content (AvgIpc) is 2.93. The number of ether oxygens (including phenoxy) is 1. The van der Waals surface area contributed by atoms with E-state index in [2.05, 4.69) is 4.90 Å². The molecule has 0 aromatic heterocycles. The fourth-order valence-electron chi connectivity index (χ4n) is 2.36. The lowest BCUT2D eigenvalue weighted by molar-refractivity contribution is 0.0696. The smallest absolute Gasteiger partial charge is 0.335 e. The van der Waals surface area contributed by atoms with Crippen molar-refractivity contribution in [2.24, 2.45) is 0 Å². The molecule has 1 atom stereocenters. The first-order valence-electron chi connectivity index (χ1n) is 6.73. The number of sulfone groups is 1. The monoisotopic (exact) mass is 313 g/mol. The van der Waals surface area contributed by atoms with Crippen LogP contribution in [0.25, 0.3) is 0 Å². The molecule has 0 aliphatic carbocycles. The topological polar surface area (TPSA) is 83.9 Å². The van der Waals surface area contributed by atoms with Crippen molar-refractivity contribution in [3.05, 3.63) is 29.8 Å². The van der Waals surface area contributed by atoms with Crippen LogP contribution in [-0.2, 0) is 14.6 Å². The minimum absolute atomic E-state index is 0.0237. The number of rotatable bonds is 6. The van der Waals surface area contributed by atoms with Crippen molar-refractivity contribution in [3.8, 4) is 0 Å². The van der Waals surface area contributed by atoms with Crippen molar-refractivity contribution in [1.82, 2.24) is 4.90 Å². The molecule has 0 radical (unpaired) electrons. The number of methoxy groups -OCH3 is 1. The summed E-state index contributed by atoms with van der Waals surface area (Å²) in [5.74, 6) is -1.04. The molecule has 1 heterocycles. The number of carboxylic acid groups (broad SMARTS) is 1. The molecule has 1 unspecified atom stereocenters. The average molecular weight is 313 g/mol. The van der Waals surface area contributed by atoms with Crippen LogP contribution >= 0.6 is 0 Å². The van der Waals surface area contributed by atoms with Gasteiger partial charge in [-0.25, -0.2) is 13.2 Å². The second kappa shape index (κ2) is 6.55. The number of carboxylic acids is 1. The molecule has 1 N–H and O–H groups in total. The summed E-state index contributed by atoms with van der Waals surface area (Å²) in [5.41, 5.74) is 0.0800. The Kier molecular flexibility index (Phi) is 4.97. The molecule has 7 heteroatoms. The first kappa shape index (κ1) is 15.9. The van der Waals surface area contributed by atoms with E-state index in [1.54, 1.807) is 7.11 Å². The summed E-state index contributed by atoms with van der Waals surface area (Å²) in [4.78, 5) is 13.0. The van der Waals surface area contributed by atoms with E-state index < -0.39 is 15.8 Å². The van der Waals surface area contributed by atoms with E-state index in [-0.39, 0.29) is 22.3 Å². The second-order valence-corrected chi connectivity index (χ2v) is 7.20. The number of nitrogens with zero attached hydrogens (tertiary/aromatic N) is 1. The first-order chi connectivity index (χ1) is 9.92. The van der Waals surface area contributed by atoms with Gasteiger partial charge >= 0.3 is 5.97 Å². The Labute approximate surface area is 124 Å². The molecule has 116 valence electrons. The summed E-state index contributed by atoms with van der Waals surface area (Å²) < 4.78 is 29.7. The SMILES string of the molecule is COC1CCN(CCS(=O)(=O)c2ccc(C(=O)O)cc2)C1. The molecule has 1 aromatic rings. The minimum Gasteiger partial charge on any atom is -0.478 e. The van der Waals surface area contributed by atoms with Crippen LogP contribution in [0.2, 0.25) is 0 Å². The van der Waals surface area contributed by atoms with Crippen molar-refractivity contribution in [2.45, 2.75) is 17.4 Å². The lowest BCUT2D eigenvalue weighted by Crippen LogP contribution is -2.28. The van der Waals surface area contributed by atoms with Crippen LogP contribution < -0.4 is 0 Å². The van der Waals surface area contributed by atoms with E-state index in [0.29, 0.717) is 6.54 Å². The fraction of sp³-hybridized carbons (Fsp3) is 0.500. The van der Waals surface area contributed by atoms with Crippen molar-refractivity contribution in [1.29, 1.82) is 0 Å². The van der Waals surface area contributed by atoms with Gasteiger partial charge in [0.1, 0.15) is 0 Å². The van der Waals surface area contributed by atoms with E-state index in [9.17, 15) is 13.2 Å². The molecule has 1 aromatic carbocycles. The van der Waals surface area contributed by atoms with Gasteiger partial charge in [0.15, 0.2) is 9.84 Å². The van der Waals surface area contributed by atoms with Gasteiger partial charge in [-0.15, -0.1) is 0 Å². The molecule has 1 saturated heterocycles. The second-order valence-electron chi connectivity index (χ2n) is 5.10. The highest BCUT2D eigenvalue weighted by atomic mass is 32.2. The van der Waals surface area contributed by atoms with E-state index in [1.807, 2.05) is 0 Å². The normalized spacial score (nSPS) is 19.8. The predicted octanol–water partition coefficient (Wildman–Crippen LogP) is 0.879. The van der Waals surface area contributed by atoms with E-state index in [1.165, 1.54) is 24.3 Å². The van der Waals surface area contributed by atoms with Gasteiger partial charge in [-0.05, 0) is 30.7 Å². The molecule has 21 heavy (non-hydrogen) atoms. The Morgan fingerprint density at radius 2 is 2.05 bits per heavy atom. The number of likely N-dealkylation sites (tertiary alicyclic amines) is 1. The van der Waals surface area contributed by atoms with Gasteiger partial charge in [-0.1, -0.05) is 0 Å². The molecule has 0 saturated carbocycles. The van der Waals surface area contributed by atoms with Crippen molar-refractivity contribution < 1.29 is 23.1 Å². The number of aromatic carboxylic acids is 1. The van der Waals surface area contributed by atoms with E-state index in [0.717, 1.165) is 19.5 Å². The molecule has 1 fully saturated rings. The zero-order valence-electron chi connectivity index (χ0n) is 11.9. The summed E-state index contributed by atoms with van der Waals surface area (Å²) in [6.45, 7) is 2.05. The molecular weight excluding hydrogens is 294 g/mol. The summed E-state index contributed by atoms with van der Waals surface area (Å²) >= 11 is 0. The molecule has 1 aliphatic heterocycles. The van der Waals surface area contributed by atoms with Crippen molar-refractivity contribution >= 4 is 15.8 Å². The number of hydrogen-bond acceptors (Lipinski definition) is 5. The van der Waals surface area contributed by atoms with Gasteiger partial charge in [0.25, 0.3) is 0 Å². The highest BCUT2D eigenvalue weighted by Crippen LogP contribution is 2.15. The number of benzene rings is 1. The Morgan fingerprint density at radius 3 is 2.57 bits per heavy atom. The van der Waals surface area contributed by atoms with Gasteiger partial charge in [0.05, 0.1) is 22.3 Å². The van der Waals surface area contributed by atoms with Crippen LogP contribution in [0, 0.1) is 0 Å². The van der Waals surface area contributed by atoms with Gasteiger partial charge in [-0.2, -0.15) is 0 Å². The van der Waals surface area contributed by atoms with E-state index in [4.69, 9.17) is 9.84 Å². The minimum atomic E-state index is -3.39. The zero-order chi connectivity index (χ0) is 15.5. The predicted molar refractivity (Wildman–Crippen MR) is 77.3 cm³/mol. The van der Waals surface area contributed by atoms with E-state index >= 15 is 0 Å². The molecule has 6 nitrogen and oxygen atoms in total. The maximum Gasteiger partial charge on any atom is 0.335 e.